The lowest BCUT2D eigenvalue weighted by molar-refractivity contribution is 0.151. The summed E-state index contributed by atoms with van der Waals surface area (Å²) in [5.41, 5.74) is 0.959. The van der Waals surface area contributed by atoms with Crippen LogP contribution < -0.4 is 0 Å². The monoisotopic (exact) mass is 232 g/mol. The van der Waals surface area contributed by atoms with Crippen molar-refractivity contribution in [3.63, 3.8) is 0 Å². The number of amides is 1. The Morgan fingerprint density at radius 3 is 2.76 bits per heavy atom. The van der Waals surface area contributed by atoms with Gasteiger partial charge in [-0.25, -0.2) is 4.79 Å². The second-order valence-electron chi connectivity index (χ2n) is 3.78. The quantitative estimate of drug-likeness (QED) is 0.727. The first-order chi connectivity index (χ1) is 8.26. The third-order valence-corrected chi connectivity index (χ3v) is 2.49. The lowest BCUT2D eigenvalue weighted by atomic mass is 10.1. The first-order valence-electron chi connectivity index (χ1n) is 5.80. The average Bonchev–Trinajstić information content (AvgIpc) is 2.39. The Balaban J connectivity index is 2.35. The molecule has 1 unspecified atom stereocenters. The Kier molecular flexibility index (Phi) is 6.00. The molecule has 17 heavy (non-hydrogen) atoms. The summed E-state index contributed by atoms with van der Waals surface area (Å²) in [6.07, 6.45) is 2.76. The SMILES string of the molecule is [CH2]CC(C=NC(=O)OCc1ccccc1)CC. The summed E-state index contributed by atoms with van der Waals surface area (Å²) >= 11 is 0. The van der Waals surface area contributed by atoms with E-state index in [1.807, 2.05) is 37.3 Å². The molecule has 1 aromatic carbocycles. The summed E-state index contributed by atoms with van der Waals surface area (Å²) in [4.78, 5) is 15.1. The molecule has 1 aromatic rings. The summed E-state index contributed by atoms with van der Waals surface area (Å²) < 4.78 is 5.01. The summed E-state index contributed by atoms with van der Waals surface area (Å²) in [6.45, 7) is 6.09. The predicted molar refractivity (Wildman–Crippen MR) is 68.9 cm³/mol. The van der Waals surface area contributed by atoms with Crippen LogP contribution in [-0.4, -0.2) is 12.3 Å². The zero-order chi connectivity index (χ0) is 12.5. The van der Waals surface area contributed by atoms with E-state index >= 15 is 0 Å². The van der Waals surface area contributed by atoms with Crippen molar-refractivity contribution in [2.45, 2.75) is 26.4 Å². The maximum atomic E-state index is 11.3. The number of carbonyl (C=O) groups is 1. The highest BCUT2D eigenvalue weighted by atomic mass is 16.5. The van der Waals surface area contributed by atoms with Gasteiger partial charge in [0, 0.05) is 6.21 Å². The molecule has 0 heterocycles. The van der Waals surface area contributed by atoms with Gasteiger partial charge in [0.15, 0.2) is 0 Å². The number of ether oxygens (including phenoxy) is 1. The van der Waals surface area contributed by atoms with E-state index in [1.54, 1.807) is 6.21 Å². The van der Waals surface area contributed by atoms with Crippen LogP contribution in [0.25, 0.3) is 0 Å². The fourth-order valence-electron chi connectivity index (χ4n) is 1.31. The van der Waals surface area contributed by atoms with Crippen LogP contribution in [0.2, 0.25) is 0 Å². The Bertz CT molecular complexity index is 356. The predicted octanol–water partition coefficient (Wildman–Crippen LogP) is 3.64. The van der Waals surface area contributed by atoms with E-state index in [0.29, 0.717) is 0 Å². The zero-order valence-corrected chi connectivity index (χ0v) is 10.1. The van der Waals surface area contributed by atoms with Crippen LogP contribution in [0.15, 0.2) is 35.3 Å². The Morgan fingerprint density at radius 2 is 2.18 bits per heavy atom. The third kappa shape index (κ3) is 5.29. The minimum Gasteiger partial charge on any atom is -0.443 e. The number of carbonyl (C=O) groups excluding carboxylic acids is 1. The number of aliphatic imine (C=N–C) groups is 1. The second kappa shape index (κ2) is 7.60. The molecule has 0 saturated heterocycles. The summed E-state index contributed by atoms with van der Waals surface area (Å²) in [5, 5.41) is 0. The second-order valence-corrected chi connectivity index (χ2v) is 3.78. The first kappa shape index (κ1) is 13.4. The molecule has 1 atom stereocenters. The van der Waals surface area contributed by atoms with Gasteiger partial charge >= 0.3 is 6.09 Å². The Hall–Kier alpha value is -1.64. The maximum absolute atomic E-state index is 11.3. The van der Waals surface area contributed by atoms with Crippen LogP contribution >= 0.6 is 0 Å². The van der Waals surface area contributed by atoms with Crippen molar-refractivity contribution in [2.75, 3.05) is 0 Å². The van der Waals surface area contributed by atoms with Gasteiger partial charge in [-0.15, -0.1) is 0 Å². The molecule has 0 aromatic heterocycles. The highest BCUT2D eigenvalue weighted by Gasteiger charge is 2.02. The van der Waals surface area contributed by atoms with Crippen molar-refractivity contribution in [2.24, 2.45) is 10.9 Å². The fourth-order valence-corrected chi connectivity index (χ4v) is 1.31. The topological polar surface area (TPSA) is 38.7 Å². The Morgan fingerprint density at radius 1 is 1.47 bits per heavy atom. The van der Waals surface area contributed by atoms with Gasteiger partial charge in [0.05, 0.1) is 0 Å². The lowest BCUT2D eigenvalue weighted by Gasteiger charge is -2.04. The van der Waals surface area contributed by atoms with E-state index < -0.39 is 6.09 Å². The lowest BCUT2D eigenvalue weighted by Crippen LogP contribution is -2.03. The van der Waals surface area contributed by atoms with Gasteiger partial charge in [-0.1, -0.05) is 44.2 Å². The molecule has 91 valence electrons. The molecule has 0 N–H and O–H groups in total. The third-order valence-electron chi connectivity index (χ3n) is 2.49. The highest BCUT2D eigenvalue weighted by molar-refractivity contribution is 5.80. The van der Waals surface area contributed by atoms with E-state index in [0.717, 1.165) is 18.4 Å². The highest BCUT2D eigenvalue weighted by Crippen LogP contribution is 2.05. The maximum Gasteiger partial charge on any atom is 0.433 e. The minimum atomic E-state index is -0.541. The van der Waals surface area contributed by atoms with E-state index in [9.17, 15) is 4.79 Å². The molecular weight excluding hydrogens is 214 g/mol. The molecule has 1 rings (SSSR count). The van der Waals surface area contributed by atoms with Crippen molar-refractivity contribution >= 4 is 12.3 Å². The van der Waals surface area contributed by atoms with Crippen molar-refractivity contribution in [3.05, 3.63) is 42.8 Å². The molecular formula is C14H18NO2. The number of rotatable bonds is 5. The average molecular weight is 232 g/mol. The fraction of sp³-hybridized carbons (Fsp3) is 0.357. The van der Waals surface area contributed by atoms with Crippen LogP contribution in [-0.2, 0) is 11.3 Å². The van der Waals surface area contributed by atoms with Crippen molar-refractivity contribution in [1.29, 1.82) is 0 Å². The molecule has 0 bridgehead atoms. The molecule has 0 spiro atoms. The molecule has 1 amide bonds. The number of nitrogens with zero attached hydrogens (tertiary/aromatic N) is 1. The van der Waals surface area contributed by atoms with E-state index in [2.05, 4.69) is 11.9 Å². The molecule has 0 aliphatic carbocycles. The smallest absolute Gasteiger partial charge is 0.433 e. The van der Waals surface area contributed by atoms with Crippen LogP contribution in [0, 0.1) is 12.8 Å². The van der Waals surface area contributed by atoms with Gasteiger partial charge in [0.25, 0.3) is 0 Å². The molecule has 3 nitrogen and oxygen atoms in total. The zero-order valence-electron chi connectivity index (χ0n) is 10.1. The number of hydrogen-bond acceptors (Lipinski definition) is 2. The van der Waals surface area contributed by atoms with Gasteiger partial charge in [-0.05, 0) is 24.3 Å². The van der Waals surface area contributed by atoms with Crippen molar-refractivity contribution in [1.82, 2.24) is 0 Å². The summed E-state index contributed by atoms with van der Waals surface area (Å²) in [7, 11) is 0. The Labute approximate surface area is 103 Å². The summed E-state index contributed by atoms with van der Waals surface area (Å²) in [5.74, 6) is 0.249. The number of benzene rings is 1. The molecule has 1 radical (unpaired) electrons. The van der Waals surface area contributed by atoms with Gasteiger partial charge in [0.2, 0.25) is 0 Å². The van der Waals surface area contributed by atoms with Crippen LogP contribution in [0.5, 0.6) is 0 Å². The van der Waals surface area contributed by atoms with E-state index in [4.69, 9.17) is 4.74 Å². The first-order valence-corrected chi connectivity index (χ1v) is 5.80. The molecule has 0 aliphatic rings. The standard InChI is InChI=1S/C14H18NO2/c1-3-12(4-2)10-15-14(16)17-11-13-8-6-5-7-9-13/h5-10,12H,1,3-4,11H2,2H3. The van der Waals surface area contributed by atoms with E-state index in [1.165, 1.54) is 0 Å². The van der Waals surface area contributed by atoms with Crippen molar-refractivity contribution in [3.8, 4) is 0 Å². The molecule has 0 fully saturated rings. The van der Waals surface area contributed by atoms with Crippen LogP contribution in [0.3, 0.4) is 0 Å². The van der Waals surface area contributed by atoms with Crippen LogP contribution in [0.4, 0.5) is 4.79 Å². The van der Waals surface area contributed by atoms with Gasteiger partial charge in [-0.2, -0.15) is 4.99 Å². The normalized spacial score (nSPS) is 11.0. The van der Waals surface area contributed by atoms with Gasteiger partial charge in [0.1, 0.15) is 6.61 Å². The molecule has 3 heteroatoms. The minimum absolute atomic E-state index is 0.249. The van der Waals surface area contributed by atoms with Crippen LogP contribution in [0.1, 0.15) is 25.3 Å². The van der Waals surface area contributed by atoms with Crippen molar-refractivity contribution < 1.29 is 9.53 Å². The molecule has 0 aliphatic heterocycles. The summed E-state index contributed by atoms with van der Waals surface area (Å²) in [6, 6.07) is 9.54. The largest absolute Gasteiger partial charge is 0.443 e. The van der Waals surface area contributed by atoms with Gasteiger partial charge in [-0.3, -0.25) is 0 Å². The van der Waals surface area contributed by atoms with E-state index in [-0.39, 0.29) is 12.5 Å². The molecule has 0 saturated carbocycles. The van der Waals surface area contributed by atoms with Gasteiger partial charge < -0.3 is 4.74 Å². The number of hydrogen-bond donors (Lipinski definition) is 0.